The van der Waals surface area contributed by atoms with E-state index in [1.165, 1.54) is 0 Å². The number of carbonyl (C=O) groups is 2. The molecular formula is C28H33N7O3. The highest BCUT2D eigenvalue weighted by molar-refractivity contribution is 6.01. The van der Waals surface area contributed by atoms with Gasteiger partial charge in [-0.1, -0.05) is 25.0 Å². The van der Waals surface area contributed by atoms with Crippen LogP contribution in [0.2, 0.25) is 0 Å². The van der Waals surface area contributed by atoms with Crippen molar-refractivity contribution in [1.82, 2.24) is 24.8 Å². The van der Waals surface area contributed by atoms with Crippen LogP contribution in [0.25, 0.3) is 0 Å². The molecule has 198 valence electrons. The molecule has 1 aromatic carbocycles. The Balaban J connectivity index is 1.31. The third-order valence-electron chi connectivity index (χ3n) is 6.84. The third kappa shape index (κ3) is 6.19. The van der Waals surface area contributed by atoms with Crippen molar-refractivity contribution in [3.05, 3.63) is 66.6 Å². The average molecular weight is 516 g/mol. The van der Waals surface area contributed by atoms with Crippen LogP contribution < -0.4 is 15.0 Å². The van der Waals surface area contributed by atoms with Crippen molar-refractivity contribution in [2.24, 2.45) is 0 Å². The summed E-state index contributed by atoms with van der Waals surface area (Å²) in [6.07, 6.45) is 8.78. The van der Waals surface area contributed by atoms with Gasteiger partial charge in [0.15, 0.2) is 0 Å². The number of amides is 2. The van der Waals surface area contributed by atoms with Crippen LogP contribution in [0.15, 0.2) is 61.1 Å². The lowest BCUT2D eigenvalue weighted by Crippen LogP contribution is -2.52. The van der Waals surface area contributed by atoms with Crippen molar-refractivity contribution >= 4 is 29.3 Å². The number of para-hydroxylation sites is 2. The standard InChI is InChI=1S/C28H33N7O3/c36-25(33-16-18-34(19-17-33)28-30-13-8-14-31-28)21-35-15-5-1-2-6-20-38-24-11-4-3-10-23(24)32-26-22(27(35)37)9-7-12-29-26/h3-4,7-14H,1-2,5-6,15-21H2,(H,29,32). The number of rotatable bonds is 3. The van der Waals surface area contributed by atoms with Crippen molar-refractivity contribution in [2.75, 3.05) is 56.1 Å². The number of aromatic nitrogens is 3. The van der Waals surface area contributed by atoms with Gasteiger partial charge in [0.25, 0.3) is 5.91 Å². The first kappa shape index (κ1) is 25.4. The normalized spacial score (nSPS) is 16.9. The molecule has 2 aliphatic heterocycles. The number of nitrogens with one attached hydrogen (secondary N) is 1. The van der Waals surface area contributed by atoms with Crippen LogP contribution in [0, 0.1) is 0 Å². The fourth-order valence-corrected chi connectivity index (χ4v) is 4.74. The molecule has 0 spiro atoms. The zero-order chi connectivity index (χ0) is 26.2. The molecule has 1 N–H and O–H groups in total. The maximum absolute atomic E-state index is 13.8. The molecule has 0 atom stereocenters. The quantitative estimate of drug-likeness (QED) is 0.566. The number of ether oxygens (including phenoxy) is 1. The summed E-state index contributed by atoms with van der Waals surface area (Å²) in [6.45, 7) is 3.60. The lowest BCUT2D eigenvalue weighted by atomic mass is 10.1. The maximum Gasteiger partial charge on any atom is 0.258 e. The fourth-order valence-electron chi connectivity index (χ4n) is 4.74. The number of hydrogen-bond acceptors (Lipinski definition) is 8. The van der Waals surface area contributed by atoms with Gasteiger partial charge in [0.1, 0.15) is 18.1 Å². The van der Waals surface area contributed by atoms with Crippen LogP contribution in [-0.2, 0) is 4.79 Å². The second kappa shape index (κ2) is 12.4. The Labute approximate surface area is 222 Å². The highest BCUT2D eigenvalue weighted by Crippen LogP contribution is 2.29. The molecule has 0 radical (unpaired) electrons. The van der Waals surface area contributed by atoms with Gasteiger partial charge in [-0.3, -0.25) is 9.59 Å². The lowest BCUT2D eigenvalue weighted by Gasteiger charge is -2.36. The van der Waals surface area contributed by atoms with E-state index in [0.29, 0.717) is 56.7 Å². The number of carbonyl (C=O) groups excluding carboxylic acids is 2. The Kier molecular flexibility index (Phi) is 8.27. The minimum Gasteiger partial charge on any atom is -0.491 e. The summed E-state index contributed by atoms with van der Waals surface area (Å²) >= 11 is 0. The van der Waals surface area contributed by atoms with Gasteiger partial charge in [-0.15, -0.1) is 0 Å². The lowest BCUT2D eigenvalue weighted by molar-refractivity contribution is -0.132. The highest BCUT2D eigenvalue weighted by Gasteiger charge is 2.27. The van der Waals surface area contributed by atoms with Gasteiger partial charge in [-0.05, 0) is 43.2 Å². The first-order chi connectivity index (χ1) is 18.7. The van der Waals surface area contributed by atoms with Gasteiger partial charge in [0.2, 0.25) is 11.9 Å². The molecule has 0 aliphatic carbocycles. The van der Waals surface area contributed by atoms with E-state index in [9.17, 15) is 9.59 Å². The molecule has 10 heteroatoms. The van der Waals surface area contributed by atoms with Crippen LogP contribution in [-0.4, -0.2) is 82.4 Å². The number of anilines is 3. The Hall–Kier alpha value is -4.21. The van der Waals surface area contributed by atoms with E-state index in [4.69, 9.17) is 4.74 Å². The van der Waals surface area contributed by atoms with Gasteiger partial charge in [-0.2, -0.15) is 0 Å². The molecule has 38 heavy (non-hydrogen) atoms. The van der Waals surface area contributed by atoms with Crippen molar-refractivity contribution in [3.8, 4) is 5.75 Å². The summed E-state index contributed by atoms with van der Waals surface area (Å²) in [5.41, 5.74) is 1.18. The highest BCUT2D eigenvalue weighted by atomic mass is 16.5. The summed E-state index contributed by atoms with van der Waals surface area (Å²) in [6, 6.07) is 12.9. The van der Waals surface area contributed by atoms with Crippen LogP contribution >= 0.6 is 0 Å². The van der Waals surface area contributed by atoms with Crippen LogP contribution in [0.4, 0.5) is 17.5 Å². The summed E-state index contributed by atoms with van der Waals surface area (Å²) in [7, 11) is 0. The summed E-state index contributed by atoms with van der Waals surface area (Å²) in [5, 5.41) is 3.29. The third-order valence-corrected chi connectivity index (χ3v) is 6.84. The number of pyridine rings is 1. The molecule has 0 unspecified atom stereocenters. The van der Waals surface area contributed by atoms with Crippen LogP contribution in [0.5, 0.6) is 5.75 Å². The Morgan fingerprint density at radius 2 is 1.61 bits per heavy atom. The Bertz CT molecular complexity index is 1230. The number of benzene rings is 1. The molecular weight excluding hydrogens is 482 g/mol. The molecule has 5 rings (SSSR count). The van der Waals surface area contributed by atoms with Gasteiger partial charge < -0.3 is 24.8 Å². The molecule has 10 nitrogen and oxygen atoms in total. The first-order valence-electron chi connectivity index (χ1n) is 13.2. The Morgan fingerprint density at radius 1 is 0.842 bits per heavy atom. The Morgan fingerprint density at radius 3 is 2.45 bits per heavy atom. The van der Waals surface area contributed by atoms with E-state index in [-0.39, 0.29) is 18.4 Å². The van der Waals surface area contributed by atoms with E-state index >= 15 is 0 Å². The smallest absolute Gasteiger partial charge is 0.258 e. The average Bonchev–Trinajstić information content (AvgIpc) is 2.97. The van der Waals surface area contributed by atoms with Gasteiger partial charge >= 0.3 is 0 Å². The molecule has 2 aromatic heterocycles. The predicted molar refractivity (Wildman–Crippen MR) is 145 cm³/mol. The molecule has 3 aromatic rings. The molecule has 2 aliphatic rings. The van der Waals surface area contributed by atoms with Gasteiger partial charge in [-0.25, -0.2) is 15.0 Å². The van der Waals surface area contributed by atoms with E-state index in [1.54, 1.807) is 41.7 Å². The number of fused-ring (bicyclic) bond motifs is 2. The minimum atomic E-state index is -0.208. The molecule has 2 amide bonds. The molecule has 4 heterocycles. The summed E-state index contributed by atoms with van der Waals surface area (Å²) in [4.78, 5) is 45.8. The van der Waals surface area contributed by atoms with Crippen LogP contribution in [0.3, 0.4) is 0 Å². The zero-order valence-corrected chi connectivity index (χ0v) is 21.5. The molecule has 1 fully saturated rings. The summed E-state index contributed by atoms with van der Waals surface area (Å²) < 4.78 is 6.00. The van der Waals surface area contributed by atoms with E-state index in [2.05, 4.69) is 25.2 Å². The molecule has 0 saturated carbocycles. The van der Waals surface area contributed by atoms with Gasteiger partial charge in [0.05, 0.1) is 17.9 Å². The van der Waals surface area contributed by atoms with E-state index < -0.39 is 0 Å². The molecule has 0 bridgehead atoms. The second-order valence-corrected chi connectivity index (χ2v) is 9.43. The SMILES string of the molecule is O=C(CN1CCCCCCOc2ccccc2Nc2ncccc2C1=O)N1CCN(c2ncccn2)CC1. The minimum absolute atomic E-state index is 0.0364. The summed E-state index contributed by atoms with van der Waals surface area (Å²) in [5.74, 6) is 1.58. The van der Waals surface area contributed by atoms with E-state index in [0.717, 1.165) is 37.1 Å². The number of nitrogens with zero attached hydrogens (tertiary/aromatic N) is 6. The topological polar surface area (TPSA) is 104 Å². The van der Waals surface area contributed by atoms with E-state index in [1.807, 2.05) is 29.2 Å². The monoisotopic (exact) mass is 515 g/mol. The number of hydrogen-bond donors (Lipinski definition) is 1. The largest absolute Gasteiger partial charge is 0.491 e. The second-order valence-electron chi connectivity index (χ2n) is 9.43. The first-order valence-corrected chi connectivity index (χ1v) is 13.2. The maximum atomic E-state index is 13.8. The predicted octanol–water partition coefficient (Wildman–Crippen LogP) is 3.36. The fraction of sp³-hybridized carbons (Fsp3) is 0.393. The van der Waals surface area contributed by atoms with Crippen molar-refractivity contribution in [1.29, 1.82) is 0 Å². The van der Waals surface area contributed by atoms with Crippen molar-refractivity contribution in [2.45, 2.75) is 25.7 Å². The zero-order valence-electron chi connectivity index (χ0n) is 21.5. The number of piperazine rings is 1. The van der Waals surface area contributed by atoms with Crippen molar-refractivity contribution < 1.29 is 14.3 Å². The van der Waals surface area contributed by atoms with Crippen molar-refractivity contribution in [3.63, 3.8) is 0 Å². The molecule has 1 saturated heterocycles. The van der Waals surface area contributed by atoms with Gasteiger partial charge in [0, 0.05) is 51.3 Å². The van der Waals surface area contributed by atoms with Crippen LogP contribution in [0.1, 0.15) is 36.0 Å².